The minimum absolute atomic E-state index is 0.279. The zero-order valence-electron chi connectivity index (χ0n) is 11.9. The van der Waals surface area contributed by atoms with E-state index in [9.17, 15) is 9.50 Å². The molecule has 0 saturated carbocycles. The van der Waals surface area contributed by atoms with Crippen molar-refractivity contribution in [3.05, 3.63) is 42.0 Å². The quantitative estimate of drug-likeness (QED) is 0.736. The van der Waals surface area contributed by atoms with Gasteiger partial charge in [-0.2, -0.15) is 0 Å². The predicted octanol–water partition coefficient (Wildman–Crippen LogP) is 1.20. The highest BCUT2D eigenvalue weighted by atomic mass is 19.1. The molecule has 0 amide bonds. The second kappa shape index (κ2) is 6.02. The van der Waals surface area contributed by atoms with Crippen molar-refractivity contribution in [1.82, 2.24) is 25.0 Å². The molecule has 2 heterocycles. The fourth-order valence-corrected chi connectivity index (χ4v) is 2.03. The van der Waals surface area contributed by atoms with Crippen LogP contribution in [0.5, 0.6) is 0 Å². The van der Waals surface area contributed by atoms with Gasteiger partial charge in [0.25, 0.3) is 0 Å². The number of aromatic nitrogens is 5. The van der Waals surface area contributed by atoms with Crippen molar-refractivity contribution < 1.29 is 9.50 Å². The van der Waals surface area contributed by atoms with Crippen LogP contribution in [0.4, 0.5) is 10.2 Å². The zero-order valence-corrected chi connectivity index (χ0v) is 11.9. The lowest BCUT2D eigenvalue weighted by Gasteiger charge is -2.07. The number of anilines is 1. The molecule has 2 aromatic heterocycles. The van der Waals surface area contributed by atoms with Crippen LogP contribution in [0.25, 0.3) is 11.2 Å². The van der Waals surface area contributed by atoms with E-state index in [4.69, 9.17) is 0 Å². The summed E-state index contributed by atoms with van der Waals surface area (Å²) in [5.74, 6) is 0.246. The third-order valence-electron chi connectivity index (χ3n) is 3.11. The molecule has 1 atom stereocenters. The minimum atomic E-state index is -0.501. The molecule has 0 fully saturated rings. The van der Waals surface area contributed by atoms with Crippen LogP contribution in [-0.4, -0.2) is 42.7 Å². The molecule has 0 radical (unpaired) electrons. The van der Waals surface area contributed by atoms with E-state index in [0.717, 1.165) is 5.56 Å². The molecule has 22 heavy (non-hydrogen) atoms. The summed E-state index contributed by atoms with van der Waals surface area (Å²) in [6.07, 6.45) is 0.913. The molecule has 3 aromatic rings. The van der Waals surface area contributed by atoms with E-state index in [1.54, 1.807) is 23.7 Å². The van der Waals surface area contributed by atoms with Crippen molar-refractivity contribution in [2.45, 2.75) is 19.6 Å². The number of nitrogens with one attached hydrogen (secondary N) is 1. The Morgan fingerprint density at radius 2 is 2.05 bits per heavy atom. The van der Waals surface area contributed by atoms with Gasteiger partial charge in [0.1, 0.15) is 12.1 Å². The first kappa shape index (κ1) is 14.3. The van der Waals surface area contributed by atoms with Crippen LogP contribution in [-0.2, 0) is 6.54 Å². The maximum absolute atomic E-state index is 12.9. The van der Waals surface area contributed by atoms with Crippen molar-refractivity contribution >= 4 is 17.0 Å². The summed E-state index contributed by atoms with van der Waals surface area (Å²) in [7, 11) is 0. The van der Waals surface area contributed by atoms with Gasteiger partial charge in [-0.3, -0.25) is 0 Å². The fourth-order valence-electron chi connectivity index (χ4n) is 2.03. The number of aliphatic hydroxyl groups is 1. The number of nitrogens with zero attached hydrogens (tertiary/aromatic N) is 5. The third kappa shape index (κ3) is 3.01. The number of halogens is 1. The van der Waals surface area contributed by atoms with E-state index in [-0.39, 0.29) is 5.82 Å². The van der Waals surface area contributed by atoms with Crippen LogP contribution >= 0.6 is 0 Å². The molecule has 114 valence electrons. The average molecular weight is 302 g/mol. The maximum atomic E-state index is 12.9. The van der Waals surface area contributed by atoms with Crippen molar-refractivity contribution in [3.8, 4) is 0 Å². The van der Waals surface area contributed by atoms with E-state index in [2.05, 4.69) is 25.6 Å². The molecule has 1 aromatic carbocycles. The number of benzene rings is 1. The maximum Gasteiger partial charge on any atom is 0.184 e. The predicted molar refractivity (Wildman–Crippen MR) is 78.8 cm³/mol. The lowest BCUT2D eigenvalue weighted by Crippen LogP contribution is -2.16. The topological polar surface area (TPSA) is 88.8 Å². The minimum Gasteiger partial charge on any atom is -0.392 e. The van der Waals surface area contributed by atoms with Gasteiger partial charge in [-0.05, 0) is 24.6 Å². The standard InChI is InChI=1S/C14H15FN6O/c1-9(22)6-16-13-12-14(18-8-17-13)21(20-19-12)7-10-2-4-11(15)5-3-10/h2-5,8-9,22H,6-7H2,1H3,(H,16,17,18). The van der Waals surface area contributed by atoms with Crippen LogP contribution in [0.1, 0.15) is 12.5 Å². The van der Waals surface area contributed by atoms with Gasteiger partial charge in [-0.25, -0.2) is 19.0 Å². The molecule has 1 unspecified atom stereocenters. The first-order valence-corrected chi connectivity index (χ1v) is 6.84. The Morgan fingerprint density at radius 1 is 1.27 bits per heavy atom. The normalized spacial score (nSPS) is 12.5. The molecule has 0 aliphatic heterocycles. The van der Waals surface area contributed by atoms with E-state index in [0.29, 0.717) is 30.1 Å². The summed E-state index contributed by atoms with van der Waals surface area (Å²) < 4.78 is 14.6. The highest BCUT2D eigenvalue weighted by molar-refractivity contribution is 5.81. The Morgan fingerprint density at radius 3 is 2.77 bits per heavy atom. The largest absolute Gasteiger partial charge is 0.392 e. The van der Waals surface area contributed by atoms with Gasteiger partial charge >= 0.3 is 0 Å². The molecular formula is C14H15FN6O. The van der Waals surface area contributed by atoms with Gasteiger partial charge in [-0.1, -0.05) is 17.3 Å². The van der Waals surface area contributed by atoms with E-state index < -0.39 is 6.10 Å². The van der Waals surface area contributed by atoms with Crippen LogP contribution in [0.15, 0.2) is 30.6 Å². The van der Waals surface area contributed by atoms with Crippen molar-refractivity contribution in [2.75, 3.05) is 11.9 Å². The first-order chi connectivity index (χ1) is 10.6. The third-order valence-corrected chi connectivity index (χ3v) is 3.11. The molecule has 0 aliphatic rings. The zero-order chi connectivity index (χ0) is 15.5. The Labute approximate surface area is 125 Å². The van der Waals surface area contributed by atoms with E-state index in [1.165, 1.54) is 18.5 Å². The highest BCUT2D eigenvalue weighted by Crippen LogP contribution is 2.17. The monoisotopic (exact) mass is 302 g/mol. The lowest BCUT2D eigenvalue weighted by atomic mass is 10.2. The van der Waals surface area contributed by atoms with Crippen molar-refractivity contribution in [2.24, 2.45) is 0 Å². The number of hydrogen-bond donors (Lipinski definition) is 2. The van der Waals surface area contributed by atoms with Gasteiger partial charge in [0.15, 0.2) is 17.0 Å². The molecule has 0 aliphatic carbocycles. The van der Waals surface area contributed by atoms with Gasteiger partial charge in [-0.15, -0.1) is 5.10 Å². The number of aliphatic hydroxyl groups excluding tert-OH is 1. The highest BCUT2D eigenvalue weighted by Gasteiger charge is 2.12. The van der Waals surface area contributed by atoms with Crippen LogP contribution in [0.2, 0.25) is 0 Å². The van der Waals surface area contributed by atoms with Crippen LogP contribution < -0.4 is 5.32 Å². The number of rotatable bonds is 5. The molecule has 0 spiro atoms. The van der Waals surface area contributed by atoms with Crippen LogP contribution in [0.3, 0.4) is 0 Å². The number of fused-ring (bicyclic) bond motifs is 1. The first-order valence-electron chi connectivity index (χ1n) is 6.84. The Hall–Kier alpha value is -2.61. The molecular weight excluding hydrogens is 287 g/mol. The van der Waals surface area contributed by atoms with E-state index in [1.807, 2.05) is 0 Å². The second-order valence-electron chi connectivity index (χ2n) is 5.00. The van der Waals surface area contributed by atoms with E-state index >= 15 is 0 Å². The van der Waals surface area contributed by atoms with Crippen molar-refractivity contribution in [1.29, 1.82) is 0 Å². The second-order valence-corrected chi connectivity index (χ2v) is 5.00. The summed E-state index contributed by atoms with van der Waals surface area (Å²) in [5, 5.41) is 20.5. The summed E-state index contributed by atoms with van der Waals surface area (Å²) in [4.78, 5) is 8.30. The Balaban J connectivity index is 1.88. The Kier molecular flexibility index (Phi) is 3.92. The van der Waals surface area contributed by atoms with Gasteiger partial charge < -0.3 is 10.4 Å². The smallest absolute Gasteiger partial charge is 0.184 e. The molecule has 0 saturated heterocycles. The average Bonchev–Trinajstić information content (AvgIpc) is 2.91. The summed E-state index contributed by atoms with van der Waals surface area (Å²) in [6, 6.07) is 6.19. The molecule has 3 rings (SSSR count). The molecule has 2 N–H and O–H groups in total. The SMILES string of the molecule is CC(O)CNc1ncnc2c1nnn2Cc1ccc(F)cc1. The fraction of sp³-hybridized carbons (Fsp3) is 0.286. The van der Waals surface area contributed by atoms with Crippen LogP contribution in [0, 0.1) is 5.82 Å². The number of hydrogen-bond acceptors (Lipinski definition) is 6. The van der Waals surface area contributed by atoms with Gasteiger partial charge in [0.05, 0.1) is 12.6 Å². The summed E-state index contributed by atoms with van der Waals surface area (Å²) >= 11 is 0. The lowest BCUT2D eigenvalue weighted by molar-refractivity contribution is 0.208. The summed E-state index contributed by atoms with van der Waals surface area (Å²) in [6.45, 7) is 2.47. The summed E-state index contributed by atoms with van der Waals surface area (Å²) in [5.41, 5.74) is 2.00. The van der Waals surface area contributed by atoms with Gasteiger partial charge in [0, 0.05) is 6.54 Å². The molecule has 8 heteroatoms. The molecule has 7 nitrogen and oxygen atoms in total. The molecule has 0 bridgehead atoms. The van der Waals surface area contributed by atoms with Gasteiger partial charge in [0.2, 0.25) is 0 Å². The Bertz CT molecular complexity index is 771. The van der Waals surface area contributed by atoms with Crippen molar-refractivity contribution in [3.63, 3.8) is 0 Å².